The van der Waals surface area contributed by atoms with Crippen molar-refractivity contribution >= 4 is 11.8 Å². The number of aromatic nitrogens is 1. The third-order valence-electron chi connectivity index (χ3n) is 2.51. The maximum Gasteiger partial charge on any atom is 0.417 e. The van der Waals surface area contributed by atoms with E-state index in [1.807, 2.05) is 0 Å². The largest absolute Gasteiger partial charge is 0.467 e. The zero-order valence-electron chi connectivity index (χ0n) is 8.84. The molecule has 1 aromatic rings. The summed E-state index contributed by atoms with van der Waals surface area (Å²) in [5, 5.41) is 2.71. The molecule has 1 atom stereocenters. The Kier molecular flexibility index (Phi) is 2.68. The average molecular weight is 246 g/mol. The zero-order valence-corrected chi connectivity index (χ0v) is 8.84. The van der Waals surface area contributed by atoms with Gasteiger partial charge in [0.05, 0.1) is 12.7 Å². The molecule has 7 heteroatoms. The van der Waals surface area contributed by atoms with Crippen LogP contribution in [0.5, 0.6) is 0 Å². The van der Waals surface area contributed by atoms with Crippen LogP contribution in [0.15, 0.2) is 12.3 Å². The lowest BCUT2D eigenvalue weighted by molar-refractivity contribution is -0.141. The number of hydrogen-bond donors (Lipinski definition) is 1. The fourth-order valence-electron chi connectivity index (χ4n) is 1.67. The van der Waals surface area contributed by atoms with Gasteiger partial charge in [0.1, 0.15) is 11.9 Å². The molecule has 0 fully saturated rings. The Bertz CT molecular complexity index is 459. The number of halogens is 3. The van der Waals surface area contributed by atoms with Gasteiger partial charge in [-0.05, 0) is 11.6 Å². The third kappa shape index (κ3) is 2.17. The molecule has 0 spiro atoms. The van der Waals surface area contributed by atoms with Gasteiger partial charge >= 0.3 is 12.1 Å². The molecule has 1 aromatic heterocycles. The van der Waals surface area contributed by atoms with Crippen molar-refractivity contribution in [3.8, 4) is 0 Å². The molecule has 1 aliphatic heterocycles. The van der Waals surface area contributed by atoms with Gasteiger partial charge in [-0.1, -0.05) is 0 Å². The molecule has 0 amide bonds. The molecule has 92 valence electrons. The van der Waals surface area contributed by atoms with E-state index >= 15 is 0 Å². The van der Waals surface area contributed by atoms with Crippen molar-refractivity contribution in [2.75, 3.05) is 12.4 Å². The van der Waals surface area contributed by atoms with Gasteiger partial charge in [0.25, 0.3) is 0 Å². The van der Waals surface area contributed by atoms with Crippen molar-refractivity contribution in [2.24, 2.45) is 0 Å². The quantitative estimate of drug-likeness (QED) is 0.765. The van der Waals surface area contributed by atoms with Crippen LogP contribution >= 0.6 is 0 Å². The highest BCUT2D eigenvalue weighted by Gasteiger charge is 2.34. The smallest absolute Gasteiger partial charge is 0.417 e. The van der Waals surface area contributed by atoms with Crippen LogP contribution in [0.1, 0.15) is 11.1 Å². The zero-order chi connectivity index (χ0) is 12.6. The number of fused-ring (bicyclic) bond motifs is 1. The first-order valence-corrected chi connectivity index (χ1v) is 4.82. The number of ether oxygens (including phenoxy) is 1. The second-order valence-corrected chi connectivity index (χ2v) is 3.65. The van der Waals surface area contributed by atoms with Gasteiger partial charge in [0.2, 0.25) is 0 Å². The van der Waals surface area contributed by atoms with E-state index in [9.17, 15) is 18.0 Å². The molecule has 0 aromatic carbocycles. The number of hydrogen-bond acceptors (Lipinski definition) is 4. The summed E-state index contributed by atoms with van der Waals surface area (Å²) >= 11 is 0. The molecule has 2 heterocycles. The summed E-state index contributed by atoms with van der Waals surface area (Å²) in [6.45, 7) is 0. The molecule has 0 bridgehead atoms. The number of carbonyl (C=O) groups excluding carboxylic acids is 1. The van der Waals surface area contributed by atoms with Gasteiger partial charge in [0.15, 0.2) is 0 Å². The highest BCUT2D eigenvalue weighted by Crippen LogP contribution is 2.33. The minimum absolute atomic E-state index is 0.152. The number of anilines is 1. The summed E-state index contributed by atoms with van der Waals surface area (Å²) in [5.74, 6) is -0.218. The monoisotopic (exact) mass is 246 g/mol. The molecule has 4 nitrogen and oxygen atoms in total. The standard InChI is InChI=1S/C10H9F3N2O2/c1-17-9(16)7-3-5-2-6(10(11,12)13)4-14-8(5)15-7/h2,4,7H,3H2,1H3,(H,14,15)/t7-/m0/s1. The van der Waals surface area contributed by atoms with E-state index in [-0.39, 0.29) is 6.42 Å². The van der Waals surface area contributed by atoms with E-state index in [0.29, 0.717) is 11.4 Å². The van der Waals surface area contributed by atoms with Crippen LogP contribution in [0.4, 0.5) is 19.0 Å². The number of nitrogens with zero attached hydrogens (tertiary/aromatic N) is 1. The highest BCUT2D eigenvalue weighted by atomic mass is 19.4. The summed E-state index contributed by atoms with van der Waals surface area (Å²) < 4.78 is 41.8. The Hall–Kier alpha value is -1.79. The first-order chi connectivity index (χ1) is 7.91. The highest BCUT2D eigenvalue weighted by molar-refractivity contribution is 5.81. The minimum Gasteiger partial charge on any atom is -0.467 e. The lowest BCUT2D eigenvalue weighted by atomic mass is 10.1. The number of nitrogens with one attached hydrogen (secondary N) is 1. The SMILES string of the molecule is COC(=O)[C@@H]1Cc2cc(C(F)(F)F)cnc2N1. The second-order valence-electron chi connectivity index (χ2n) is 3.65. The summed E-state index contributed by atoms with van der Waals surface area (Å²) in [5.41, 5.74) is -0.446. The Morgan fingerprint density at radius 3 is 2.88 bits per heavy atom. The molecule has 1 aliphatic rings. The Morgan fingerprint density at radius 2 is 2.29 bits per heavy atom. The number of carbonyl (C=O) groups is 1. The summed E-state index contributed by atoms with van der Waals surface area (Å²) in [6, 6.07) is 0.337. The second kappa shape index (κ2) is 3.90. The predicted octanol–water partition coefficient (Wildman–Crippen LogP) is 1.61. The van der Waals surface area contributed by atoms with Crippen molar-refractivity contribution in [1.82, 2.24) is 4.98 Å². The fourth-order valence-corrected chi connectivity index (χ4v) is 1.67. The molecule has 0 saturated heterocycles. The molecular weight excluding hydrogens is 237 g/mol. The van der Waals surface area contributed by atoms with E-state index in [1.165, 1.54) is 7.11 Å². The van der Waals surface area contributed by atoms with Crippen molar-refractivity contribution < 1.29 is 22.7 Å². The molecule has 2 rings (SSSR count). The molecule has 0 unspecified atom stereocenters. The summed E-state index contributed by atoms with van der Waals surface area (Å²) in [4.78, 5) is 14.9. The van der Waals surface area contributed by atoms with Crippen molar-refractivity contribution in [1.29, 1.82) is 0 Å². The van der Waals surface area contributed by atoms with Gasteiger partial charge in [-0.25, -0.2) is 9.78 Å². The topological polar surface area (TPSA) is 51.2 Å². The van der Waals surface area contributed by atoms with Gasteiger partial charge in [-0.2, -0.15) is 13.2 Å². The van der Waals surface area contributed by atoms with Crippen LogP contribution in [-0.4, -0.2) is 24.1 Å². The molecule has 0 aliphatic carbocycles. The average Bonchev–Trinajstić information content (AvgIpc) is 2.69. The Balaban J connectivity index is 2.25. The van der Waals surface area contributed by atoms with Crippen molar-refractivity contribution in [2.45, 2.75) is 18.6 Å². The molecule has 17 heavy (non-hydrogen) atoms. The van der Waals surface area contributed by atoms with E-state index in [2.05, 4.69) is 15.0 Å². The number of alkyl halides is 3. The van der Waals surface area contributed by atoms with Gasteiger partial charge < -0.3 is 10.1 Å². The van der Waals surface area contributed by atoms with Gasteiger partial charge in [0, 0.05) is 12.6 Å². The van der Waals surface area contributed by atoms with E-state index in [4.69, 9.17) is 0 Å². The predicted molar refractivity (Wildman–Crippen MR) is 52.4 cm³/mol. The van der Waals surface area contributed by atoms with Crippen LogP contribution < -0.4 is 5.32 Å². The fraction of sp³-hybridized carbons (Fsp3) is 0.400. The Labute approximate surface area is 94.8 Å². The van der Waals surface area contributed by atoms with Gasteiger partial charge in [-0.3, -0.25) is 0 Å². The molecule has 0 saturated carbocycles. The first kappa shape index (κ1) is 11.7. The van der Waals surface area contributed by atoms with Crippen molar-refractivity contribution in [3.05, 3.63) is 23.4 Å². The van der Waals surface area contributed by atoms with Crippen LogP contribution in [0.2, 0.25) is 0 Å². The Morgan fingerprint density at radius 1 is 1.59 bits per heavy atom. The first-order valence-electron chi connectivity index (χ1n) is 4.82. The van der Waals surface area contributed by atoms with E-state index in [1.54, 1.807) is 0 Å². The molecular formula is C10H9F3N2O2. The van der Waals surface area contributed by atoms with Gasteiger partial charge in [-0.15, -0.1) is 0 Å². The number of methoxy groups -OCH3 is 1. The van der Waals surface area contributed by atoms with Crippen LogP contribution in [-0.2, 0) is 22.1 Å². The van der Waals surface area contributed by atoms with Crippen LogP contribution in [0.3, 0.4) is 0 Å². The third-order valence-corrected chi connectivity index (χ3v) is 2.51. The molecule has 1 N–H and O–H groups in total. The number of esters is 1. The molecule has 0 radical (unpaired) electrons. The van der Waals surface area contributed by atoms with Crippen LogP contribution in [0.25, 0.3) is 0 Å². The lowest BCUT2D eigenvalue weighted by Gasteiger charge is -2.07. The maximum atomic E-state index is 12.4. The number of pyridine rings is 1. The van der Waals surface area contributed by atoms with E-state index < -0.39 is 23.8 Å². The summed E-state index contributed by atoms with van der Waals surface area (Å²) in [6.07, 6.45) is -3.53. The number of rotatable bonds is 1. The van der Waals surface area contributed by atoms with Crippen molar-refractivity contribution in [3.63, 3.8) is 0 Å². The minimum atomic E-state index is -4.43. The van der Waals surface area contributed by atoms with E-state index in [0.717, 1.165) is 12.3 Å². The maximum absolute atomic E-state index is 12.4. The lowest BCUT2D eigenvalue weighted by Crippen LogP contribution is -2.28. The normalized spacial score (nSPS) is 18.5. The van der Waals surface area contributed by atoms with Crippen LogP contribution in [0, 0.1) is 0 Å². The summed E-state index contributed by atoms with van der Waals surface area (Å²) in [7, 11) is 1.22.